The third-order valence-corrected chi connectivity index (χ3v) is 2.77. The summed E-state index contributed by atoms with van der Waals surface area (Å²) in [6.07, 6.45) is 0.816. The molecule has 17 heavy (non-hydrogen) atoms. The van der Waals surface area contributed by atoms with Crippen LogP contribution in [0.5, 0.6) is 0 Å². The molecular formula is C11H22N2O4. The summed E-state index contributed by atoms with van der Waals surface area (Å²) < 4.78 is 0. The number of rotatable bonds is 6. The predicted molar refractivity (Wildman–Crippen MR) is 63.8 cm³/mol. The van der Waals surface area contributed by atoms with E-state index in [-0.39, 0.29) is 18.6 Å². The summed E-state index contributed by atoms with van der Waals surface area (Å²) in [5.74, 6) is -1.36. The third kappa shape index (κ3) is 4.60. The first kappa shape index (κ1) is 15.7. The van der Waals surface area contributed by atoms with E-state index < -0.39 is 11.6 Å². The summed E-state index contributed by atoms with van der Waals surface area (Å²) in [6.45, 7) is 7.10. The van der Waals surface area contributed by atoms with Crippen LogP contribution in [0.2, 0.25) is 0 Å². The first-order valence-corrected chi connectivity index (χ1v) is 5.76. The Kier molecular flexibility index (Phi) is 5.95. The van der Waals surface area contributed by atoms with Crippen molar-refractivity contribution in [3.63, 3.8) is 0 Å². The van der Waals surface area contributed by atoms with Crippen molar-refractivity contribution in [2.75, 3.05) is 13.1 Å². The minimum Gasteiger partial charge on any atom is -0.479 e. The van der Waals surface area contributed by atoms with Crippen molar-refractivity contribution in [1.82, 2.24) is 10.2 Å². The van der Waals surface area contributed by atoms with Crippen LogP contribution in [-0.2, 0) is 4.79 Å². The van der Waals surface area contributed by atoms with Crippen LogP contribution in [0.1, 0.15) is 34.1 Å². The average Bonchev–Trinajstić information content (AvgIpc) is 2.26. The molecule has 0 aromatic carbocycles. The van der Waals surface area contributed by atoms with Crippen LogP contribution in [0.15, 0.2) is 0 Å². The highest BCUT2D eigenvalue weighted by Gasteiger charge is 2.31. The average molecular weight is 246 g/mol. The van der Waals surface area contributed by atoms with E-state index in [1.54, 1.807) is 4.90 Å². The number of carboxylic acid groups (broad SMARTS) is 1. The van der Waals surface area contributed by atoms with Crippen molar-refractivity contribution in [3.8, 4) is 0 Å². The largest absolute Gasteiger partial charge is 0.479 e. The maximum Gasteiger partial charge on any atom is 0.337 e. The van der Waals surface area contributed by atoms with Gasteiger partial charge in [-0.2, -0.15) is 0 Å². The number of urea groups is 1. The van der Waals surface area contributed by atoms with Crippen LogP contribution >= 0.6 is 0 Å². The van der Waals surface area contributed by atoms with Gasteiger partial charge in [0.25, 0.3) is 0 Å². The van der Waals surface area contributed by atoms with E-state index >= 15 is 0 Å². The van der Waals surface area contributed by atoms with Gasteiger partial charge in [-0.05, 0) is 27.2 Å². The molecule has 0 aliphatic rings. The molecule has 6 nitrogen and oxygen atoms in total. The molecule has 0 fully saturated rings. The highest BCUT2D eigenvalue weighted by atomic mass is 16.4. The zero-order chi connectivity index (χ0) is 13.6. The number of carboxylic acids is 1. The van der Waals surface area contributed by atoms with Gasteiger partial charge in [0.15, 0.2) is 5.60 Å². The summed E-state index contributed by atoms with van der Waals surface area (Å²) in [5.41, 5.74) is -1.94. The van der Waals surface area contributed by atoms with E-state index in [4.69, 9.17) is 5.11 Å². The minimum absolute atomic E-state index is 0.0785. The summed E-state index contributed by atoms with van der Waals surface area (Å²) >= 11 is 0. The molecule has 0 aromatic rings. The Morgan fingerprint density at radius 2 is 1.94 bits per heavy atom. The van der Waals surface area contributed by atoms with Gasteiger partial charge in [0.2, 0.25) is 0 Å². The van der Waals surface area contributed by atoms with Crippen molar-refractivity contribution < 1.29 is 19.8 Å². The molecule has 0 heterocycles. The third-order valence-electron chi connectivity index (χ3n) is 2.77. The highest BCUT2D eigenvalue weighted by molar-refractivity contribution is 5.79. The standard InChI is InChI=1S/C11H22N2O4/c1-5-8(3)13(6-2)10(16)12-7-11(4,17)9(14)15/h8,17H,5-7H2,1-4H3,(H,12,16)(H,14,15). The molecule has 2 atom stereocenters. The maximum absolute atomic E-state index is 11.8. The Hall–Kier alpha value is -1.30. The van der Waals surface area contributed by atoms with Crippen LogP contribution in [0.4, 0.5) is 4.79 Å². The van der Waals surface area contributed by atoms with E-state index in [1.165, 1.54) is 0 Å². The molecule has 100 valence electrons. The fourth-order valence-corrected chi connectivity index (χ4v) is 1.30. The number of carbonyl (C=O) groups is 2. The molecule has 6 heteroatoms. The monoisotopic (exact) mass is 246 g/mol. The molecular weight excluding hydrogens is 224 g/mol. The van der Waals surface area contributed by atoms with Crippen LogP contribution in [-0.4, -0.2) is 51.8 Å². The quantitative estimate of drug-likeness (QED) is 0.642. The van der Waals surface area contributed by atoms with Gasteiger partial charge in [-0.15, -0.1) is 0 Å². The van der Waals surface area contributed by atoms with Gasteiger partial charge >= 0.3 is 12.0 Å². The summed E-state index contributed by atoms with van der Waals surface area (Å²) in [7, 11) is 0. The normalized spacial score (nSPS) is 15.8. The number of hydrogen-bond donors (Lipinski definition) is 3. The molecule has 0 bridgehead atoms. The second-order valence-electron chi connectivity index (χ2n) is 4.28. The lowest BCUT2D eigenvalue weighted by atomic mass is 10.1. The fourth-order valence-electron chi connectivity index (χ4n) is 1.30. The molecule has 0 rings (SSSR count). The predicted octanol–water partition coefficient (Wildman–Crippen LogP) is 0.652. The zero-order valence-electron chi connectivity index (χ0n) is 10.9. The molecule has 0 saturated heterocycles. The number of aliphatic hydroxyl groups is 1. The second-order valence-corrected chi connectivity index (χ2v) is 4.28. The summed E-state index contributed by atoms with van der Waals surface area (Å²) in [5, 5.41) is 20.6. The van der Waals surface area contributed by atoms with Crippen molar-refractivity contribution in [1.29, 1.82) is 0 Å². The van der Waals surface area contributed by atoms with Crippen LogP contribution < -0.4 is 5.32 Å². The first-order valence-electron chi connectivity index (χ1n) is 5.76. The number of hydrogen-bond acceptors (Lipinski definition) is 3. The Labute approximate surface area is 102 Å². The first-order chi connectivity index (χ1) is 7.76. The van der Waals surface area contributed by atoms with Gasteiger partial charge in [-0.3, -0.25) is 0 Å². The van der Waals surface area contributed by atoms with Crippen LogP contribution in [0.3, 0.4) is 0 Å². The Morgan fingerprint density at radius 1 is 1.41 bits per heavy atom. The van der Waals surface area contributed by atoms with E-state index in [0.29, 0.717) is 6.54 Å². The van der Waals surface area contributed by atoms with Gasteiger partial charge in [0.1, 0.15) is 0 Å². The van der Waals surface area contributed by atoms with Crippen molar-refractivity contribution in [2.45, 2.75) is 45.8 Å². The Bertz CT molecular complexity index is 279. The molecule has 0 aromatic heterocycles. The van der Waals surface area contributed by atoms with Gasteiger partial charge < -0.3 is 20.4 Å². The summed E-state index contributed by atoms with van der Waals surface area (Å²) in [6, 6.07) is -0.279. The van der Waals surface area contributed by atoms with Gasteiger partial charge in [-0.25, -0.2) is 9.59 Å². The lowest BCUT2D eigenvalue weighted by Gasteiger charge is -2.28. The minimum atomic E-state index is -1.94. The van der Waals surface area contributed by atoms with E-state index in [2.05, 4.69) is 5.32 Å². The Balaban J connectivity index is 4.39. The molecule has 0 radical (unpaired) electrons. The van der Waals surface area contributed by atoms with Gasteiger partial charge in [0.05, 0.1) is 6.54 Å². The second kappa shape index (κ2) is 6.44. The SMILES string of the molecule is CCC(C)N(CC)C(=O)NCC(C)(O)C(=O)O. The molecule has 2 amide bonds. The topological polar surface area (TPSA) is 89.9 Å². The lowest BCUT2D eigenvalue weighted by Crippen LogP contribution is -2.51. The van der Waals surface area contributed by atoms with Crippen LogP contribution in [0.25, 0.3) is 0 Å². The molecule has 0 saturated carbocycles. The van der Waals surface area contributed by atoms with Gasteiger partial charge in [-0.1, -0.05) is 6.92 Å². The van der Waals surface area contributed by atoms with Crippen molar-refractivity contribution >= 4 is 12.0 Å². The zero-order valence-corrected chi connectivity index (χ0v) is 10.9. The maximum atomic E-state index is 11.8. The number of carbonyl (C=O) groups excluding carboxylic acids is 1. The van der Waals surface area contributed by atoms with E-state index in [1.807, 2.05) is 20.8 Å². The summed E-state index contributed by atoms with van der Waals surface area (Å²) in [4.78, 5) is 24.0. The lowest BCUT2D eigenvalue weighted by molar-refractivity contribution is -0.155. The molecule has 2 unspecified atom stereocenters. The smallest absolute Gasteiger partial charge is 0.337 e. The molecule has 0 spiro atoms. The molecule has 0 aliphatic heterocycles. The van der Waals surface area contributed by atoms with Crippen molar-refractivity contribution in [2.24, 2.45) is 0 Å². The van der Waals surface area contributed by atoms with Crippen LogP contribution in [0, 0.1) is 0 Å². The van der Waals surface area contributed by atoms with Gasteiger partial charge in [0, 0.05) is 12.6 Å². The molecule has 3 N–H and O–H groups in total. The Morgan fingerprint density at radius 3 is 2.29 bits per heavy atom. The highest BCUT2D eigenvalue weighted by Crippen LogP contribution is 2.05. The number of nitrogens with one attached hydrogen (secondary N) is 1. The van der Waals surface area contributed by atoms with Crippen molar-refractivity contribution in [3.05, 3.63) is 0 Å². The van der Waals surface area contributed by atoms with E-state index in [0.717, 1.165) is 13.3 Å². The fraction of sp³-hybridized carbons (Fsp3) is 0.818. The number of nitrogens with zero attached hydrogens (tertiary/aromatic N) is 1. The van der Waals surface area contributed by atoms with E-state index in [9.17, 15) is 14.7 Å². The number of amides is 2. The number of aliphatic carboxylic acids is 1. The molecule has 0 aliphatic carbocycles.